The van der Waals surface area contributed by atoms with Crippen LogP contribution in [0.2, 0.25) is 0 Å². The summed E-state index contributed by atoms with van der Waals surface area (Å²) in [7, 11) is 0. The molecule has 0 fully saturated rings. The number of halogens is 1. The van der Waals surface area contributed by atoms with Gasteiger partial charge in [-0.1, -0.05) is 24.3 Å². The fourth-order valence-electron chi connectivity index (χ4n) is 3.06. The first-order chi connectivity index (χ1) is 11.2. The monoisotopic (exact) mass is 311 g/mol. The Morgan fingerprint density at radius 2 is 2.09 bits per heavy atom. The molecule has 4 rings (SSSR count). The van der Waals surface area contributed by atoms with E-state index in [1.54, 1.807) is 0 Å². The van der Waals surface area contributed by atoms with Crippen molar-refractivity contribution in [2.24, 2.45) is 4.99 Å². The zero-order chi connectivity index (χ0) is 16.0. The predicted octanol–water partition coefficient (Wildman–Crippen LogP) is 1.72. The van der Waals surface area contributed by atoms with Crippen molar-refractivity contribution in [3.63, 3.8) is 0 Å². The third kappa shape index (κ3) is 2.19. The van der Waals surface area contributed by atoms with Gasteiger partial charge in [-0.05, 0) is 5.56 Å². The van der Waals surface area contributed by atoms with Crippen LogP contribution < -0.4 is 5.32 Å². The van der Waals surface area contributed by atoms with Crippen LogP contribution in [0.3, 0.4) is 0 Å². The molecular formula is C17H14FN3O2. The lowest BCUT2D eigenvalue weighted by Crippen LogP contribution is -2.31. The SMILES string of the molecule is O=C1C=C(F)C2=CN=C(c3ccc(CO)cc3)N3CCC(=C23)N1. The molecule has 0 radical (unpaired) electrons. The van der Waals surface area contributed by atoms with Crippen LogP contribution in [-0.4, -0.2) is 28.3 Å². The lowest BCUT2D eigenvalue weighted by atomic mass is 10.1. The van der Waals surface area contributed by atoms with E-state index in [4.69, 9.17) is 5.11 Å². The van der Waals surface area contributed by atoms with Crippen LogP contribution in [0.4, 0.5) is 4.39 Å². The number of hydrogen-bond acceptors (Lipinski definition) is 4. The minimum absolute atomic E-state index is 0.0160. The number of nitrogens with one attached hydrogen (secondary N) is 1. The minimum atomic E-state index is -0.571. The highest BCUT2D eigenvalue weighted by molar-refractivity contribution is 6.03. The van der Waals surface area contributed by atoms with Gasteiger partial charge in [-0.25, -0.2) is 9.38 Å². The number of aliphatic hydroxyl groups excluding tert-OH is 1. The van der Waals surface area contributed by atoms with Gasteiger partial charge in [0.15, 0.2) is 0 Å². The van der Waals surface area contributed by atoms with Gasteiger partial charge < -0.3 is 15.3 Å². The Bertz CT molecular complexity index is 819. The largest absolute Gasteiger partial charge is 0.392 e. The maximum Gasteiger partial charge on any atom is 0.251 e. The van der Waals surface area contributed by atoms with Gasteiger partial charge in [-0.2, -0.15) is 0 Å². The van der Waals surface area contributed by atoms with Crippen molar-refractivity contribution >= 4 is 11.7 Å². The average Bonchev–Trinajstić information content (AvgIpc) is 2.92. The first-order valence-corrected chi connectivity index (χ1v) is 7.35. The molecule has 116 valence electrons. The van der Waals surface area contributed by atoms with Gasteiger partial charge >= 0.3 is 0 Å². The van der Waals surface area contributed by atoms with Crippen molar-refractivity contribution in [3.05, 3.63) is 70.5 Å². The molecule has 23 heavy (non-hydrogen) atoms. The van der Waals surface area contributed by atoms with E-state index in [0.717, 1.165) is 22.9 Å². The van der Waals surface area contributed by atoms with E-state index in [9.17, 15) is 9.18 Å². The number of carbonyl (C=O) groups excluding carboxylic acids is 1. The third-order valence-corrected chi connectivity index (χ3v) is 4.15. The van der Waals surface area contributed by atoms with E-state index >= 15 is 0 Å². The molecule has 0 atom stereocenters. The van der Waals surface area contributed by atoms with Crippen molar-refractivity contribution in [1.29, 1.82) is 0 Å². The maximum atomic E-state index is 14.2. The average molecular weight is 311 g/mol. The number of hydrogen-bond donors (Lipinski definition) is 2. The molecule has 0 spiro atoms. The molecule has 6 heteroatoms. The lowest BCUT2D eigenvalue weighted by Gasteiger charge is -2.28. The van der Waals surface area contributed by atoms with Gasteiger partial charge in [-0.3, -0.25) is 4.79 Å². The zero-order valence-corrected chi connectivity index (χ0v) is 12.2. The summed E-state index contributed by atoms with van der Waals surface area (Å²) in [6.45, 7) is 0.619. The number of amides is 1. The molecule has 1 amide bonds. The first-order valence-electron chi connectivity index (χ1n) is 7.35. The van der Waals surface area contributed by atoms with Crippen molar-refractivity contribution in [1.82, 2.24) is 10.2 Å². The Balaban J connectivity index is 1.80. The second kappa shape index (κ2) is 5.17. The number of nitrogens with zero attached hydrogens (tertiary/aromatic N) is 2. The highest BCUT2D eigenvalue weighted by Gasteiger charge is 2.35. The number of allylic oxidation sites excluding steroid dienone is 1. The molecule has 3 aliphatic heterocycles. The maximum absolute atomic E-state index is 14.2. The minimum Gasteiger partial charge on any atom is -0.392 e. The Hall–Kier alpha value is -2.73. The molecule has 0 aliphatic carbocycles. The van der Waals surface area contributed by atoms with Crippen LogP contribution in [0.15, 0.2) is 64.3 Å². The fourth-order valence-corrected chi connectivity index (χ4v) is 3.06. The summed E-state index contributed by atoms with van der Waals surface area (Å²) in [6.07, 6.45) is 3.06. The summed E-state index contributed by atoms with van der Waals surface area (Å²) in [5.41, 5.74) is 3.45. The highest BCUT2D eigenvalue weighted by atomic mass is 19.1. The summed E-state index contributed by atoms with van der Waals surface area (Å²) in [5, 5.41) is 11.9. The molecule has 3 aliphatic rings. The second-order valence-corrected chi connectivity index (χ2v) is 5.56. The number of amidine groups is 1. The number of rotatable bonds is 2. The third-order valence-electron chi connectivity index (χ3n) is 4.15. The molecule has 5 nitrogen and oxygen atoms in total. The van der Waals surface area contributed by atoms with E-state index in [1.807, 2.05) is 29.2 Å². The number of benzene rings is 1. The summed E-state index contributed by atoms with van der Waals surface area (Å²) in [6, 6.07) is 7.42. The summed E-state index contributed by atoms with van der Waals surface area (Å²) >= 11 is 0. The Morgan fingerprint density at radius 3 is 2.83 bits per heavy atom. The van der Waals surface area contributed by atoms with E-state index in [-0.39, 0.29) is 6.61 Å². The van der Waals surface area contributed by atoms with E-state index in [0.29, 0.717) is 30.1 Å². The van der Waals surface area contributed by atoms with Crippen molar-refractivity contribution < 1.29 is 14.3 Å². The van der Waals surface area contributed by atoms with Gasteiger partial charge in [-0.15, -0.1) is 0 Å². The molecule has 0 unspecified atom stereocenters. The van der Waals surface area contributed by atoms with Crippen LogP contribution in [0.1, 0.15) is 17.5 Å². The summed E-state index contributed by atoms with van der Waals surface area (Å²) < 4.78 is 14.2. The molecule has 1 aromatic carbocycles. The standard InChI is InChI=1S/C17H14FN3O2/c18-13-7-15(23)20-14-5-6-21-16(14)12(13)8-19-17(21)11-3-1-10(9-22)2-4-11/h1-4,7-8,22H,5-6,9H2,(H,20,23). The number of aliphatic imine (C=N–C) groups is 1. The highest BCUT2D eigenvalue weighted by Crippen LogP contribution is 2.37. The van der Waals surface area contributed by atoms with Crippen LogP contribution in [0.25, 0.3) is 0 Å². The van der Waals surface area contributed by atoms with Gasteiger partial charge in [0.25, 0.3) is 5.91 Å². The molecule has 0 aromatic heterocycles. The molecule has 0 saturated carbocycles. The Morgan fingerprint density at radius 1 is 1.30 bits per heavy atom. The molecule has 0 saturated heterocycles. The first kappa shape index (κ1) is 13.9. The summed E-state index contributed by atoms with van der Waals surface area (Å²) in [4.78, 5) is 18.0. The Labute approximate surface area is 132 Å². The molecule has 3 heterocycles. The lowest BCUT2D eigenvalue weighted by molar-refractivity contribution is -0.115. The van der Waals surface area contributed by atoms with E-state index in [1.165, 1.54) is 6.20 Å². The van der Waals surface area contributed by atoms with Gasteiger partial charge in [0, 0.05) is 36.5 Å². The fraction of sp³-hybridized carbons (Fsp3) is 0.176. The van der Waals surface area contributed by atoms with Crippen molar-refractivity contribution in [2.45, 2.75) is 13.0 Å². The molecular weight excluding hydrogens is 297 g/mol. The van der Waals surface area contributed by atoms with Gasteiger partial charge in [0.2, 0.25) is 0 Å². The van der Waals surface area contributed by atoms with E-state index < -0.39 is 11.7 Å². The second-order valence-electron chi connectivity index (χ2n) is 5.56. The van der Waals surface area contributed by atoms with Crippen LogP contribution in [0, 0.1) is 0 Å². The van der Waals surface area contributed by atoms with Gasteiger partial charge in [0.1, 0.15) is 11.7 Å². The van der Waals surface area contributed by atoms with Crippen LogP contribution in [0.5, 0.6) is 0 Å². The molecule has 1 aromatic rings. The number of carbonyl (C=O) groups is 1. The van der Waals surface area contributed by atoms with Crippen LogP contribution >= 0.6 is 0 Å². The molecule has 0 bridgehead atoms. The molecule has 2 N–H and O–H groups in total. The predicted molar refractivity (Wildman–Crippen MR) is 82.7 cm³/mol. The normalized spacial score (nSPS) is 19.7. The van der Waals surface area contributed by atoms with Crippen LogP contribution in [-0.2, 0) is 11.4 Å². The topological polar surface area (TPSA) is 64.9 Å². The zero-order valence-electron chi connectivity index (χ0n) is 12.2. The Kier molecular flexibility index (Phi) is 3.12. The van der Waals surface area contributed by atoms with Gasteiger partial charge in [0.05, 0.1) is 17.9 Å². The smallest absolute Gasteiger partial charge is 0.251 e. The van der Waals surface area contributed by atoms with E-state index in [2.05, 4.69) is 10.3 Å². The van der Waals surface area contributed by atoms with Crippen molar-refractivity contribution in [3.8, 4) is 0 Å². The number of aliphatic hydroxyl groups is 1. The quantitative estimate of drug-likeness (QED) is 0.874. The van der Waals surface area contributed by atoms with Crippen molar-refractivity contribution in [2.75, 3.05) is 6.54 Å². The summed E-state index contributed by atoms with van der Waals surface area (Å²) in [5.74, 6) is -0.305.